The Labute approximate surface area is 137 Å². The SMILES string of the molecule is COCCCNC(=NCc1nnc(C)n1C)NCCCSC. The molecule has 7 nitrogen and oxygen atoms in total. The van der Waals surface area contributed by atoms with Gasteiger partial charge in [0, 0.05) is 33.9 Å². The van der Waals surface area contributed by atoms with E-state index >= 15 is 0 Å². The summed E-state index contributed by atoms with van der Waals surface area (Å²) in [6.45, 7) is 4.94. The van der Waals surface area contributed by atoms with Crippen LogP contribution >= 0.6 is 11.8 Å². The smallest absolute Gasteiger partial charge is 0.191 e. The molecule has 2 N–H and O–H groups in total. The lowest BCUT2D eigenvalue weighted by atomic mass is 10.4. The molecule has 0 radical (unpaired) electrons. The van der Waals surface area contributed by atoms with Gasteiger partial charge in [-0.15, -0.1) is 10.2 Å². The number of methoxy groups -OCH3 is 1. The van der Waals surface area contributed by atoms with Crippen molar-refractivity contribution in [3.8, 4) is 0 Å². The molecule has 0 aliphatic heterocycles. The maximum Gasteiger partial charge on any atom is 0.191 e. The van der Waals surface area contributed by atoms with Crippen LogP contribution < -0.4 is 10.6 Å². The summed E-state index contributed by atoms with van der Waals surface area (Å²) in [6.07, 6.45) is 4.18. The molecule has 0 saturated heterocycles. The molecule has 0 fully saturated rings. The first-order valence-corrected chi connectivity index (χ1v) is 8.93. The van der Waals surface area contributed by atoms with E-state index in [1.165, 1.54) is 0 Å². The monoisotopic (exact) mass is 328 g/mol. The van der Waals surface area contributed by atoms with Crippen LogP contribution in [-0.4, -0.2) is 59.5 Å². The van der Waals surface area contributed by atoms with Gasteiger partial charge in [-0.05, 0) is 31.8 Å². The number of nitrogens with one attached hydrogen (secondary N) is 2. The van der Waals surface area contributed by atoms with Gasteiger partial charge < -0.3 is 19.9 Å². The molecule has 0 amide bonds. The third-order valence-corrected chi connectivity index (χ3v) is 3.89. The predicted octanol–water partition coefficient (Wildman–Crippen LogP) is 0.948. The molecule has 0 spiro atoms. The molecule has 126 valence electrons. The quantitative estimate of drug-likeness (QED) is 0.378. The molecule has 0 saturated carbocycles. The Morgan fingerprint density at radius 3 is 2.59 bits per heavy atom. The Morgan fingerprint density at radius 2 is 2.00 bits per heavy atom. The van der Waals surface area contributed by atoms with Gasteiger partial charge >= 0.3 is 0 Å². The lowest BCUT2D eigenvalue weighted by molar-refractivity contribution is 0.195. The standard InChI is InChI=1S/C14H28N6OS/c1-12-18-19-13(20(12)2)11-17-14(15-7-5-9-21-3)16-8-6-10-22-4/h5-11H2,1-4H3,(H2,15,16,17). The van der Waals surface area contributed by atoms with Gasteiger partial charge in [-0.3, -0.25) is 0 Å². The van der Waals surface area contributed by atoms with Crippen molar-refractivity contribution in [3.05, 3.63) is 11.6 Å². The molecule has 0 aliphatic carbocycles. The van der Waals surface area contributed by atoms with E-state index in [2.05, 4.69) is 32.1 Å². The third kappa shape index (κ3) is 7.13. The van der Waals surface area contributed by atoms with Crippen molar-refractivity contribution in [1.82, 2.24) is 25.4 Å². The van der Waals surface area contributed by atoms with E-state index < -0.39 is 0 Å². The highest BCUT2D eigenvalue weighted by molar-refractivity contribution is 7.98. The van der Waals surface area contributed by atoms with Gasteiger partial charge in [0.05, 0.1) is 0 Å². The fourth-order valence-electron chi connectivity index (χ4n) is 1.76. The molecule has 1 rings (SSSR count). The number of hydrogen-bond acceptors (Lipinski definition) is 5. The van der Waals surface area contributed by atoms with Crippen molar-refractivity contribution < 1.29 is 4.74 Å². The maximum atomic E-state index is 5.06. The number of aliphatic imine (C=N–C) groups is 1. The van der Waals surface area contributed by atoms with Gasteiger partial charge in [0.15, 0.2) is 11.8 Å². The number of nitrogens with zero attached hydrogens (tertiary/aromatic N) is 4. The molecule has 1 aromatic heterocycles. The molecular formula is C14H28N6OS. The van der Waals surface area contributed by atoms with Crippen molar-refractivity contribution >= 4 is 17.7 Å². The highest BCUT2D eigenvalue weighted by Crippen LogP contribution is 1.99. The zero-order valence-electron chi connectivity index (χ0n) is 14.1. The molecule has 22 heavy (non-hydrogen) atoms. The van der Waals surface area contributed by atoms with E-state index in [-0.39, 0.29) is 0 Å². The van der Waals surface area contributed by atoms with Crippen LogP contribution in [0, 0.1) is 6.92 Å². The van der Waals surface area contributed by atoms with E-state index in [9.17, 15) is 0 Å². The van der Waals surface area contributed by atoms with Gasteiger partial charge in [-0.1, -0.05) is 0 Å². The van der Waals surface area contributed by atoms with Crippen molar-refractivity contribution in [2.75, 3.05) is 38.8 Å². The predicted molar refractivity (Wildman–Crippen MR) is 92.4 cm³/mol. The minimum absolute atomic E-state index is 0.513. The Morgan fingerprint density at radius 1 is 1.27 bits per heavy atom. The first-order valence-electron chi connectivity index (χ1n) is 7.54. The van der Waals surface area contributed by atoms with Gasteiger partial charge in [-0.25, -0.2) is 4.99 Å². The molecule has 0 unspecified atom stereocenters. The van der Waals surface area contributed by atoms with Crippen LogP contribution in [0.1, 0.15) is 24.5 Å². The normalized spacial score (nSPS) is 11.7. The number of hydrogen-bond donors (Lipinski definition) is 2. The fourth-order valence-corrected chi connectivity index (χ4v) is 2.19. The molecular weight excluding hydrogens is 300 g/mol. The summed E-state index contributed by atoms with van der Waals surface area (Å²) in [5, 5.41) is 14.9. The average Bonchev–Trinajstić information content (AvgIpc) is 2.84. The van der Waals surface area contributed by atoms with Gasteiger partial charge in [0.25, 0.3) is 0 Å². The molecule has 0 bridgehead atoms. The minimum atomic E-state index is 0.513. The zero-order valence-corrected chi connectivity index (χ0v) is 14.9. The van der Waals surface area contributed by atoms with E-state index in [1.54, 1.807) is 7.11 Å². The summed E-state index contributed by atoms with van der Waals surface area (Å²) in [5.74, 6) is 3.72. The van der Waals surface area contributed by atoms with Crippen LogP contribution in [0.2, 0.25) is 0 Å². The van der Waals surface area contributed by atoms with Crippen LogP contribution in [0.15, 0.2) is 4.99 Å². The van der Waals surface area contributed by atoms with Gasteiger partial charge in [0.2, 0.25) is 0 Å². The summed E-state index contributed by atoms with van der Waals surface area (Å²) in [4.78, 5) is 4.59. The third-order valence-electron chi connectivity index (χ3n) is 3.20. The van der Waals surface area contributed by atoms with Crippen LogP contribution in [0.25, 0.3) is 0 Å². The van der Waals surface area contributed by atoms with E-state index in [0.29, 0.717) is 6.54 Å². The Balaban J connectivity index is 2.50. The molecule has 8 heteroatoms. The second-order valence-corrected chi connectivity index (χ2v) is 5.92. The molecule has 1 heterocycles. The number of aromatic nitrogens is 3. The number of ether oxygens (including phenoxy) is 1. The van der Waals surface area contributed by atoms with Crippen LogP contribution in [0.3, 0.4) is 0 Å². The average molecular weight is 328 g/mol. The summed E-state index contributed by atoms with van der Waals surface area (Å²) in [7, 11) is 3.67. The van der Waals surface area contributed by atoms with Crippen LogP contribution in [0.5, 0.6) is 0 Å². The summed E-state index contributed by atoms with van der Waals surface area (Å²) < 4.78 is 7.02. The largest absolute Gasteiger partial charge is 0.385 e. The first-order chi connectivity index (χ1) is 10.7. The van der Waals surface area contributed by atoms with E-state index in [1.807, 2.05) is 30.3 Å². The second-order valence-electron chi connectivity index (χ2n) is 4.93. The topological polar surface area (TPSA) is 76.4 Å². The zero-order chi connectivity index (χ0) is 16.2. The lowest BCUT2D eigenvalue weighted by Gasteiger charge is -2.12. The molecule has 0 aromatic carbocycles. The maximum absolute atomic E-state index is 5.06. The Bertz CT molecular complexity index is 435. The molecule has 0 aliphatic rings. The van der Waals surface area contributed by atoms with Crippen molar-refractivity contribution in [2.24, 2.45) is 12.0 Å². The number of thioether (sulfide) groups is 1. The molecule has 0 atom stereocenters. The van der Waals surface area contributed by atoms with Gasteiger partial charge in [-0.2, -0.15) is 11.8 Å². The highest BCUT2D eigenvalue weighted by Gasteiger charge is 2.05. The van der Waals surface area contributed by atoms with E-state index in [0.717, 1.165) is 55.9 Å². The highest BCUT2D eigenvalue weighted by atomic mass is 32.2. The minimum Gasteiger partial charge on any atom is -0.385 e. The Kier molecular flexibility index (Phi) is 9.65. The number of rotatable bonds is 10. The second kappa shape index (κ2) is 11.3. The summed E-state index contributed by atoms with van der Waals surface area (Å²) >= 11 is 1.85. The van der Waals surface area contributed by atoms with Crippen molar-refractivity contribution in [2.45, 2.75) is 26.3 Å². The summed E-state index contributed by atoms with van der Waals surface area (Å²) in [5.41, 5.74) is 0. The molecule has 1 aromatic rings. The number of aryl methyl sites for hydroxylation is 1. The van der Waals surface area contributed by atoms with E-state index in [4.69, 9.17) is 4.74 Å². The van der Waals surface area contributed by atoms with Crippen LogP contribution in [-0.2, 0) is 18.3 Å². The number of guanidine groups is 1. The fraction of sp³-hybridized carbons (Fsp3) is 0.786. The van der Waals surface area contributed by atoms with Gasteiger partial charge in [0.1, 0.15) is 12.4 Å². The van der Waals surface area contributed by atoms with Crippen LogP contribution in [0.4, 0.5) is 0 Å². The van der Waals surface area contributed by atoms with Crippen molar-refractivity contribution in [3.63, 3.8) is 0 Å². The van der Waals surface area contributed by atoms with Crippen molar-refractivity contribution in [1.29, 1.82) is 0 Å². The lowest BCUT2D eigenvalue weighted by Crippen LogP contribution is -2.38. The Hall–Kier alpha value is -1.28. The summed E-state index contributed by atoms with van der Waals surface area (Å²) in [6, 6.07) is 0. The first kappa shape index (κ1) is 18.8.